The van der Waals surface area contributed by atoms with E-state index >= 15 is 0 Å². The molecule has 80 valence electrons. The number of carboxylic acid groups (broad SMARTS) is 1. The Morgan fingerprint density at radius 1 is 1.57 bits per heavy atom. The van der Waals surface area contributed by atoms with Gasteiger partial charge in [0.25, 0.3) is 0 Å². The first-order chi connectivity index (χ1) is 6.61. The minimum absolute atomic E-state index is 0.0512. The number of aliphatic carboxylic acids is 1. The quantitative estimate of drug-likeness (QED) is 0.656. The number of thioether (sulfide) groups is 1. The minimum Gasteiger partial charge on any atom is -0.480 e. The third-order valence-electron chi connectivity index (χ3n) is 3.06. The number of hydrogen-bond donors (Lipinski definition) is 2. The highest BCUT2D eigenvalue weighted by atomic mass is 32.2. The zero-order chi connectivity index (χ0) is 10.2. The van der Waals surface area contributed by atoms with Gasteiger partial charge >= 0.3 is 5.97 Å². The van der Waals surface area contributed by atoms with Crippen molar-refractivity contribution in [3.63, 3.8) is 0 Å². The summed E-state index contributed by atoms with van der Waals surface area (Å²) in [4.78, 5) is 13.2. The van der Waals surface area contributed by atoms with E-state index in [9.17, 15) is 4.79 Å². The fourth-order valence-electron chi connectivity index (χ4n) is 2.05. The van der Waals surface area contributed by atoms with Crippen molar-refractivity contribution in [2.75, 3.05) is 25.9 Å². The van der Waals surface area contributed by atoms with Crippen molar-refractivity contribution in [1.82, 2.24) is 10.2 Å². The van der Waals surface area contributed by atoms with Crippen LogP contribution in [0.3, 0.4) is 0 Å². The molecule has 2 aliphatic rings. The largest absolute Gasteiger partial charge is 0.480 e. The van der Waals surface area contributed by atoms with Crippen LogP contribution in [0.2, 0.25) is 0 Å². The zero-order valence-electron chi connectivity index (χ0n) is 8.32. The number of hydrogen-bond acceptors (Lipinski definition) is 4. The van der Waals surface area contributed by atoms with Crippen molar-refractivity contribution in [2.24, 2.45) is 0 Å². The molecule has 0 saturated carbocycles. The van der Waals surface area contributed by atoms with Crippen LogP contribution in [0, 0.1) is 0 Å². The fraction of sp³-hybridized carbons (Fsp3) is 0.889. The molecular formula is C9H16N2O2S. The summed E-state index contributed by atoms with van der Waals surface area (Å²) in [5.41, 5.74) is 0. The number of nitrogens with zero attached hydrogens (tertiary/aromatic N) is 1. The SMILES string of the molecule is CN1CCC2(CC1)NC(C(=O)O)CS2. The van der Waals surface area contributed by atoms with Gasteiger partial charge in [0.2, 0.25) is 0 Å². The number of carboxylic acids is 1. The molecule has 2 heterocycles. The molecule has 1 spiro atoms. The molecule has 0 aromatic heterocycles. The molecule has 0 aromatic carbocycles. The second-order valence-corrected chi connectivity index (χ2v) is 5.55. The highest BCUT2D eigenvalue weighted by Crippen LogP contribution is 2.38. The van der Waals surface area contributed by atoms with Crippen molar-refractivity contribution in [3.8, 4) is 0 Å². The lowest BCUT2D eigenvalue weighted by molar-refractivity contribution is -0.139. The van der Waals surface area contributed by atoms with Crippen molar-refractivity contribution in [1.29, 1.82) is 0 Å². The normalized spacial score (nSPS) is 32.2. The molecule has 1 unspecified atom stereocenters. The van der Waals surface area contributed by atoms with Crippen molar-refractivity contribution in [3.05, 3.63) is 0 Å². The predicted octanol–water partition coefficient (Wildman–Crippen LogP) is 0.198. The topological polar surface area (TPSA) is 52.6 Å². The van der Waals surface area contributed by atoms with Gasteiger partial charge < -0.3 is 10.0 Å². The molecule has 14 heavy (non-hydrogen) atoms. The summed E-state index contributed by atoms with van der Waals surface area (Å²) in [6.07, 6.45) is 2.11. The van der Waals surface area contributed by atoms with Gasteiger partial charge in [-0.3, -0.25) is 10.1 Å². The van der Waals surface area contributed by atoms with Gasteiger partial charge in [-0.25, -0.2) is 0 Å². The summed E-state index contributed by atoms with van der Waals surface area (Å²) in [5.74, 6) is -0.00715. The highest BCUT2D eigenvalue weighted by Gasteiger charge is 2.43. The van der Waals surface area contributed by atoms with Gasteiger partial charge in [-0.05, 0) is 19.9 Å². The van der Waals surface area contributed by atoms with Crippen LogP contribution in [-0.4, -0.2) is 52.8 Å². The van der Waals surface area contributed by atoms with Crippen molar-refractivity contribution >= 4 is 17.7 Å². The molecule has 2 rings (SSSR count). The van der Waals surface area contributed by atoms with Gasteiger partial charge in [0.05, 0.1) is 4.87 Å². The van der Waals surface area contributed by atoms with Crippen LogP contribution in [0.4, 0.5) is 0 Å². The minimum atomic E-state index is -0.715. The summed E-state index contributed by atoms with van der Waals surface area (Å²) >= 11 is 1.79. The molecule has 5 heteroatoms. The number of likely N-dealkylation sites (tertiary alicyclic amines) is 1. The van der Waals surface area contributed by atoms with Crippen LogP contribution in [0.5, 0.6) is 0 Å². The maximum absolute atomic E-state index is 10.8. The van der Waals surface area contributed by atoms with Gasteiger partial charge in [0.1, 0.15) is 6.04 Å². The van der Waals surface area contributed by atoms with E-state index in [1.807, 2.05) is 0 Å². The fourth-order valence-corrected chi connectivity index (χ4v) is 3.45. The average Bonchev–Trinajstić information content (AvgIpc) is 2.56. The van der Waals surface area contributed by atoms with Crippen LogP contribution in [0.25, 0.3) is 0 Å². The number of rotatable bonds is 1. The average molecular weight is 216 g/mol. The Hall–Kier alpha value is -0.260. The summed E-state index contributed by atoms with van der Waals surface area (Å²) in [5, 5.41) is 12.2. The molecule has 2 fully saturated rings. The molecule has 0 bridgehead atoms. The molecule has 2 N–H and O–H groups in total. The van der Waals surface area contributed by atoms with E-state index in [1.54, 1.807) is 11.8 Å². The Balaban J connectivity index is 1.96. The third kappa shape index (κ3) is 1.89. The first-order valence-electron chi connectivity index (χ1n) is 4.94. The maximum atomic E-state index is 10.8. The van der Waals surface area contributed by atoms with Crippen LogP contribution in [-0.2, 0) is 4.79 Å². The Kier molecular flexibility index (Phi) is 2.72. The van der Waals surface area contributed by atoms with Crippen molar-refractivity contribution < 1.29 is 9.90 Å². The second kappa shape index (κ2) is 3.72. The molecule has 2 saturated heterocycles. The number of carbonyl (C=O) groups is 1. The molecule has 0 radical (unpaired) electrons. The lowest BCUT2D eigenvalue weighted by atomic mass is 10.0. The Morgan fingerprint density at radius 3 is 2.71 bits per heavy atom. The van der Waals surface area contributed by atoms with Gasteiger partial charge in [-0.2, -0.15) is 0 Å². The van der Waals surface area contributed by atoms with E-state index in [0.717, 1.165) is 25.9 Å². The number of piperidine rings is 1. The van der Waals surface area contributed by atoms with E-state index < -0.39 is 5.97 Å². The first-order valence-corrected chi connectivity index (χ1v) is 5.93. The van der Waals surface area contributed by atoms with E-state index in [1.165, 1.54) is 0 Å². The van der Waals surface area contributed by atoms with Crippen LogP contribution >= 0.6 is 11.8 Å². The molecule has 2 aliphatic heterocycles. The lowest BCUT2D eigenvalue weighted by Crippen LogP contribution is -2.51. The van der Waals surface area contributed by atoms with E-state index in [-0.39, 0.29) is 10.9 Å². The van der Waals surface area contributed by atoms with Gasteiger partial charge in [-0.15, -0.1) is 11.8 Å². The summed E-state index contributed by atoms with van der Waals surface area (Å²) in [6, 6.07) is -0.344. The summed E-state index contributed by atoms with van der Waals surface area (Å²) < 4.78 is 0. The monoisotopic (exact) mass is 216 g/mol. The van der Waals surface area contributed by atoms with E-state index in [2.05, 4.69) is 17.3 Å². The summed E-state index contributed by atoms with van der Waals surface area (Å²) in [7, 11) is 2.11. The first kappa shape index (κ1) is 10.3. The highest BCUT2D eigenvalue weighted by molar-refractivity contribution is 8.01. The number of nitrogens with one attached hydrogen (secondary N) is 1. The van der Waals surface area contributed by atoms with Gasteiger partial charge in [0, 0.05) is 18.8 Å². The Bertz CT molecular complexity index is 239. The molecule has 1 atom stereocenters. The Labute approximate surface area is 88.0 Å². The lowest BCUT2D eigenvalue weighted by Gasteiger charge is -2.37. The zero-order valence-corrected chi connectivity index (χ0v) is 9.14. The van der Waals surface area contributed by atoms with Crippen LogP contribution in [0.1, 0.15) is 12.8 Å². The molecule has 0 aliphatic carbocycles. The van der Waals surface area contributed by atoms with Gasteiger partial charge in [-0.1, -0.05) is 0 Å². The Morgan fingerprint density at radius 2 is 2.21 bits per heavy atom. The van der Waals surface area contributed by atoms with Crippen molar-refractivity contribution in [2.45, 2.75) is 23.8 Å². The van der Waals surface area contributed by atoms with Crippen LogP contribution < -0.4 is 5.32 Å². The molecular weight excluding hydrogens is 200 g/mol. The maximum Gasteiger partial charge on any atom is 0.321 e. The molecule has 0 amide bonds. The van der Waals surface area contributed by atoms with E-state index in [0.29, 0.717) is 5.75 Å². The van der Waals surface area contributed by atoms with Crippen LogP contribution in [0.15, 0.2) is 0 Å². The molecule has 4 nitrogen and oxygen atoms in total. The summed E-state index contributed by atoms with van der Waals surface area (Å²) in [6.45, 7) is 2.12. The van der Waals surface area contributed by atoms with Gasteiger partial charge in [0.15, 0.2) is 0 Å². The third-order valence-corrected chi connectivity index (χ3v) is 4.64. The van der Waals surface area contributed by atoms with E-state index in [4.69, 9.17) is 5.11 Å². The predicted molar refractivity (Wildman–Crippen MR) is 56.5 cm³/mol. The standard InChI is InChI=1S/C9H16N2O2S/c1-11-4-2-9(3-5-11)10-7(6-14-9)8(12)13/h7,10H,2-6H2,1H3,(H,12,13). The molecule has 0 aromatic rings. The smallest absolute Gasteiger partial charge is 0.321 e. The second-order valence-electron chi connectivity index (χ2n) is 4.14.